The molecule has 0 atom stereocenters. The molecule has 0 aliphatic carbocycles. The van der Waals surface area contributed by atoms with E-state index in [1.54, 1.807) is 6.26 Å². The van der Waals surface area contributed by atoms with Crippen LogP contribution in [0.25, 0.3) is 11.4 Å². The minimum absolute atomic E-state index is 0.0953. The Balaban J connectivity index is 1.53. The van der Waals surface area contributed by atoms with E-state index in [0.717, 1.165) is 38.4 Å². The Hall–Kier alpha value is -2.84. The molecule has 0 radical (unpaired) electrons. The molecule has 31 heavy (non-hydrogen) atoms. The monoisotopic (exact) mass is 496 g/mol. The predicted molar refractivity (Wildman–Crippen MR) is 126 cm³/mol. The molecule has 0 aliphatic heterocycles. The van der Waals surface area contributed by atoms with Crippen molar-refractivity contribution in [2.75, 3.05) is 11.1 Å². The number of hydrogen-bond donors (Lipinski definition) is 1. The van der Waals surface area contributed by atoms with E-state index in [0.29, 0.717) is 11.7 Å². The number of hydrogen-bond acceptors (Lipinski definition) is 5. The number of carbonyl (C=O) groups excluding carboxylic acids is 1. The molecule has 2 aromatic heterocycles. The summed E-state index contributed by atoms with van der Waals surface area (Å²) in [6.45, 7) is 4.49. The summed E-state index contributed by atoms with van der Waals surface area (Å²) in [5, 5.41) is 12.4. The molecule has 8 heteroatoms. The summed E-state index contributed by atoms with van der Waals surface area (Å²) < 4.78 is 8.49. The van der Waals surface area contributed by atoms with Gasteiger partial charge in [-0.2, -0.15) is 0 Å². The van der Waals surface area contributed by atoms with Crippen LogP contribution >= 0.6 is 27.7 Å². The lowest BCUT2D eigenvalue weighted by atomic mass is 10.2. The van der Waals surface area contributed by atoms with E-state index in [1.807, 2.05) is 60.9 Å². The molecule has 2 aromatic carbocycles. The minimum Gasteiger partial charge on any atom is -0.469 e. The Morgan fingerprint density at radius 3 is 2.65 bits per heavy atom. The lowest BCUT2D eigenvalue weighted by Crippen LogP contribution is -2.15. The molecule has 4 aromatic rings. The molecule has 1 amide bonds. The van der Waals surface area contributed by atoms with Crippen LogP contribution in [0.1, 0.15) is 16.9 Å². The van der Waals surface area contributed by atoms with Gasteiger partial charge in [-0.15, -0.1) is 10.2 Å². The Morgan fingerprint density at radius 1 is 1.13 bits per heavy atom. The molecule has 1 N–H and O–H groups in total. The van der Waals surface area contributed by atoms with Gasteiger partial charge >= 0.3 is 0 Å². The number of thioether (sulfide) groups is 1. The van der Waals surface area contributed by atoms with Crippen molar-refractivity contribution < 1.29 is 9.21 Å². The van der Waals surface area contributed by atoms with Crippen LogP contribution in [0.3, 0.4) is 0 Å². The SMILES string of the molecule is Cc1cc(NC(=O)CSc2nnc(-c3ccoc3C)n2Cc2ccccc2)ccc1Br. The van der Waals surface area contributed by atoms with Crippen LogP contribution in [0.2, 0.25) is 0 Å². The number of aryl methyl sites for hydroxylation is 2. The number of amides is 1. The second kappa shape index (κ2) is 9.53. The van der Waals surface area contributed by atoms with E-state index in [4.69, 9.17) is 4.42 Å². The third-order valence-electron chi connectivity index (χ3n) is 4.77. The molecule has 4 rings (SSSR count). The van der Waals surface area contributed by atoms with Gasteiger partial charge in [-0.05, 0) is 49.2 Å². The summed E-state index contributed by atoms with van der Waals surface area (Å²) in [5.41, 5.74) is 3.85. The van der Waals surface area contributed by atoms with Gasteiger partial charge in [0.15, 0.2) is 11.0 Å². The summed E-state index contributed by atoms with van der Waals surface area (Å²) in [6.07, 6.45) is 1.65. The first kappa shape index (κ1) is 21.4. The van der Waals surface area contributed by atoms with Gasteiger partial charge in [-0.25, -0.2) is 0 Å². The number of anilines is 1. The quantitative estimate of drug-likeness (QED) is 0.332. The van der Waals surface area contributed by atoms with Gasteiger partial charge in [0.2, 0.25) is 5.91 Å². The molecule has 0 fully saturated rings. The molecule has 0 bridgehead atoms. The lowest BCUT2D eigenvalue weighted by Gasteiger charge is -2.10. The molecule has 158 valence electrons. The maximum Gasteiger partial charge on any atom is 0.234 e. The average molecular weight is 497 g/mol. The van der Waals surface area contributed by atoms with E-state index < -0.39 is 0 Å². The fraction of sp³-hybridized carbons (Fsp3) is 0.174. The zero-order chi connectivity index (χ0) is 21.8. The van der Waals surface area contributed by atoms with Gasteiger partial charge < -0.3 is 9.73 Å². The fourth-order valence-corrected chi connectivity index (χ4v) is 4.15. The zero-order valence-corrected chi connectivity index (χ0v) is 19.5. The number of aromatic nitrogens is 3. The Morgan fingerprint density at radius 2 is 1.94 bits per heavy atom. The molecule has 0 saturated heterocycles. The summed E-state index contributed by atoms with van der Waals surface area (Å²) in [4.78, 5) is 12.5. The Labute approximate surface area is 193 Å². The predicted octanol–water partition coefficient (Wildman–Crippen LogP) is 5.70. The molecular weight excluding hydrogens is 476 g/mol. The highest BCUT2D eigenvalue weighted by molar-refractivity contribution is 9.10. The average Bonchev–Trinajstić information content (AvgIpc) is 3.35. The molecule has 6 nitrogen and oxygen atoms in total. The third-order valence-corrected chi connectivity index (χ3v) is 6.63. The lowest BCUT2D eigenvalue weighted by molar-refractivity contribution is -0.113. The number of rotatable bonds is 7. The second-order valence-electron chi connectivity index (χ2n) is 7.07. The van der Waals surface area contributed by atoms with E-state index in [-0.39, 0.29) is 11.7 Å². The van der Waals surface area contributed by atoms with Gasteiger partial charge in [0.05, 0.1) is 24.1 Å². The van der Waals surface area contributed by atoms with Crippen molar-refractivity contribution in [3.05, 3.63) is 82.2 Å². The van der Waals surface area contributed by atoms with Crippen LogP contribution in [-0.4, -0.2) is 26.4 Å². The standard InChI is InChI=1S/C23H21BrN4O2S/c1-15-12-18(8-9-20(15)24)25-21(29)14-31-23-27-26-22(19-10-11-30-16(19)2)28(23)13-17-6-4-3-5-7-17/h3-12H,13-14H2,1-2H3,(H,25,29). The highest BCUT2D eigenvalue weighted by Crippen LogP contribution is 2.28. The molecule has 0 aliphatic rings. The largest absolute Gasteiger partial charge is 0.469 e. The van der Waals surface area contributed by atoms with Crippen molar-refractivity contribution in [3.8, 4) is 11.4 Å². The maximum absolute atomic E-state index is 12.5. The van der Waals surface area contributed by atoms with Crippen LogP contribution in [0, 0.1) is 13.8 Å². The normalized spacial score (nSPS) is 10.9. The number of nitrogens with one attached hydrogen (secondary N) is 1. The minimum atomic E-state index is -0.0953. The summed E-state index contributed by atoms with van der Waals surface area (Å²) in [5.74, 6) is 1.64. The number of benzene rings is 2. The second-order valence-corrected chi connectivity index (χ2v) is 8.87. The van der Waals surface area contributed by atoms with Crippen molar-refractivity contribution >= 4 is 39.3 Å². The van der Waals surface area contributed by atoms with Gasteiger partial charge in [0.1, 0.15) is 5.76 Å². The highest BCUT2D eigenvalue weighted by atomic mass is 79.9. The van der Waals surface area contributed by atoms with E-state index in [9.17, 15) is 4.79 Å². The van der Waals surface area contributed by atoms with Crippen LogP contribution in [0.4, 0.5) is 5.69 Å². The van der Waals surface area contributed by atoms with E-state index in [2.05, 4.69) is 43.6 Å². The van der Waals surface area contributed by atoms with Crippen LogP contribution in [-0.2, 0) is 11.3 Å². The smallest absolute Gasteiger partial charge is 0.234 e. The summed E-state index contributed by atoms with van der Waals surface area (Å²) >= 11 is 4.84. The fourth-order valence-electron chi connectivity index (χ4n) is 3.17. The van der Waals surface area contributed by atoms with Crippen molar-refractivity contribution in [1.82, 2.24) is 14.8 Å². The highest BCUT2D eigenvalue weighted by Gasteiger charge is 2.18. The Kier molecular flexibility index (Phi) is 6.58. The third kappa shape index (κ3) is 5.08. The van der Waals surface area contributed by atoms with Crippen molar-refractivity contribution in [2.24, 2.45) is 0 Å². The van der Waals surface area contributed by atoms with Crippen LogP contribution < -0.4 is 5.32 Å². The van der Waals surface area contributed by atoms with Crippen LogP contribution in [0.15, 0.2) is 74.9 Å². The zero-order valence-electron chi connectivity index (χ0n) is 17.1. The summed E-state index contributed by atoms with van der Waals surface area (Å²) in [7, 11) is 0. The first-order chi connectivity index (χ1) is 15.0. The number of nitrogens with zero attached hydrogens (tertiary/aromatic N) is 3. The van der Waals surface area contributed by atoms with Crippen molar-refractivity contribution in [3.63, 3.8) is 0 Å². The summed E-state index contributed by atoms with van der Waals surface area (Å²) in [6, 6.07) is 17.7. The van der Waals surface area contributed by atoms with Gasteiger partial charge in [-0.1, -0.05) is 58.0 Å². The number of carbonyl (C=O) groups is 1. The van der Waals surface area contributed by atoms with Crippen molar-refractivity contribution in [2.45, 2.75) is 25.5 Å². The van der Waals surface area contributed by atoms with Gasteiger partial charge in [-0.3, -0.25) is 9.36 Å². The van der Waals surface area contributed by atoms with E-state index in [1.165, 1.54) is 11.8 Å². The molecule has 2 heterocycles. The molecule has 0 spiro atoms. The van der Waals surface area contributed by atoms with E-state index >= 15 is 0 Å². The Bertz CT molecular complexity index is 1200. The molecular formula is C23H21BrN4O2S. The first-order valence-electron chi connectivity index (χ1n) is 9.71. The maximum atomic E-state index is 12.5. The van der Waals surface area contributed by atoms with Gasteiger partial charge in [0, 0.05) is 10.2 Å². The molecule has 0 unspecified atom stereocenters. The van der Waals surface area contributed by atoms with Gasteiger partial charge in [0.25, 0.3) is 0 Å². The number of halogens is 1. The molecule has 0 saturated carbocycles. The van der Waals surface area contributed by atoms with Crippen molar-refractivity contribution in [1.29, 1.82) is 0 Å². The number of furan rings is 1. The first-order valence-corrected chi connectivity index (χ1v) is 11.5. The van der Waals surface area contributed by atoms with Crippen LogP contribution in [0.5, 0.6) is 0 Å². The topological polar surface area (TPSA) is 73.0 Å².